The van der Waals surface area contributed by atoms with E-state index in [1.807, 2.05) is 30.3 Å². The first kappa shape index (κ1) is 23.6. The molecule has 0 saturated carbocycles. The summed E-state index contributed by atoms with van der Waals surface area (Å²) in [5, 5.41) is 4.48. The summed E-state index contributed by atoms with van der Waals surface area (Å²) in [7, 11) is 2.65. The van der Waals surface area contributed by atoms with Gasteiger partial charge in [-0.1, -0.05) is 30.3 Å². The van der Waals surface area contributed by atoms with Gasteiger partial charge in [0.15, 0.2) is 5.65 Å². The molecule has 0 unspecified atom stereocenters. The van der Waals surface area contributed by atoms with Gasteiger partial charge in [0.1, 0.15) is 17.3 Å². The fourth-order valence-corrected chi connectivity index (χ4v) is 3.90. The van der Waals surface area contributed by atoms with Crippen LogP contribution in [0, 0.1) is 5.82 Å². The lowest BCUT2D eigenvalue weighted by Gasteiger charge is -2.12. The summed E-state index contributed by atoms with van der Waals surface area (Å²) in [4.78, 5) is 38.1. The van der Waals surface area contributed by atoms with Crippen LogP contribution in [0.5, 0.6) is 5.75 Å². The average molecular weight is 501 g/mol. The number of benzene rings is 1. The molecule has 5 aromatic rings. The van der Waals surface area contributed by atoms with Gasteiger partial charge in [0, 0.05) is 17.8 Å². The van der Waals surface area contributed by atoms with Gasteiger partial charge in [0.25, 0.3) is 0 Å². The van der Waals surface area contributed by atoms with Crippen LogP contribution in [0.15, 0.2) is 65.7 Å². The number of carbonyl (C=O) groups excluding carboxylic acids is 1. The van der Waals surface area contributed by atoms with Crippen LogP contribution in [-0.2, 0) is 11.3 Å². The van der Waals surface area contributed by atoms with Crippen LogP contribution < -0.4 is 16.2 Å². The third kappa shape index (κ3) is 4.24. The van der Waals surface area contributed by atoms with Crippen molar-refractivity contribution in [2.45, 2.75) is 6.54 Å². The number of esters is 1. The van der Waals surface area contributed by atoms with Gasteiger partial charge in [0.2, 0.25) is 5.95 Å². The summed E-state index contributed by atoms with van der Waals surface area (Å²) < 4.78 is 26.6. The van der Waals surface area contributed by atoms with E-state index in [1.165, 1.54) is 38.7 Å². The molecule has 186 valence electrons. The van der Waals surface area contributed by atoms with Gasteiger partial charge in [0.05, 0.1) is 43.9 Å². The minimum atomic E-state index is -0.656. The SMILES string of the molecule is COC(=O)c1cc(-c2c(-c3ccccc3)nc(N)n3c(=O)n(Cc4ncc(OC)cc4F)nc23)ccn1. The molecule has 0 aliphatic rings. The number of methoxy groups -OCH3 is 2. The van der Waals surface area contributed by atoms with Gasteiger partial charge in [-0.2, -0.15) is 0 Å². The lowest BCUT2D eigenvalue weighted by Crippen LogP contribution is -2.24. The number of ether oxygens (including phenoxy) is 2. The van der Waals surface area contributed by atoms with Gasteiger partial charge in [-0.25, -0.2) is 33.0 Å². The van der Waals surface area contributed by atoms with Crippen molar-refractivity contribution in [3.63, 3.8) is 0 Å². The molecule has 4 aromatic heterocycles. The minimum absolute atomic E-state index is 0.0143. The minimum Gasteiger partial charge on any atom is -0.495 e. The quantitative estimate of drug-likeness (QED) is 0.348. The highest BCUT2D eigenvalue weighted by Crippen LogP contribution is 2.34. The van der Waals surface area contributed by atoms with Gasteiger partial charge < -0.3 is 15.2 Å². The highest BCUT2D eigenvalue weighted by Gasteiger charge is 2.23. The van der Waals surface area contributed by atoms with Gasteiger partial charge in [-0.3, -0.25) is 4.98 Å². The second kappa shape index (κ2) is 9.49. The number of nitrogens with two attached hydrogens (primary N) is 1. The van der Waals surface area contributed by atoms with E-state index < -0.39 is 17.5 Å². The molecule has 0 radical (unpaired) electrons. The Morgan fingerprint density at radius 3 is 2.57 bits per heavy atom. The van der Waals surface area contributed by atoms with E-state index in [4.69, 9.17) is 15.2 Å². The molecule has 4 heterocycles. The van der Waals surface area contributed by atoms with Crippen LogP contribution in [0.25, 0.3) is 28.0 Å². The zero-order chi connectivity index (χ0) is 26.1. The zero-order valence-electron chi connectivity index (χ0n) is 19.8. The normalized spacial score (nSPS) is 11.0. The Labute approximate surface area is 209 Å². The predicted molar refractivity (Wildman–Crippen MR) is 132 cm³/mol. The van der Waals surface area contributed by atoms with E-state index in [1.54, 1.807) is 6.07 Å². The molecule has 12 heteroatoms. The molecule has 0 amide bonds. The van der Waals surface area contributed by atoms with Crippen molar-refractivity contribution in [1.82, 2.24) is 29.1 Å². The Morgan fingerprint density at radius 2 is 1.86 bits per heavy atom. The largest absolute Gasteiger partial charge is 0.495 e. The summed E-state index contributed by atoms with van der Waals surface area (Å²) >= 11 is 0. The number of aromatic nitrogens is 6. The molecule has 1 aromatic carbocycles. The maximum atomic E-state index is 14.6. The molecular formula is C25H20FN7O4. The fourth-order valence-electron chi connectivity index (χ4n) is 3.90. The van der Waals surface area contributed by atoms with E-state index in [0.29, 0.717) is 22.4 Å². The van der Waals surface area contributed by atoms with Crippen molar-refractivity contribution in [2.24, 2.45) is 0 Å². The van der Waals surface area contributed by atoms with Crippen molar-refractivity contribution in [1.29, 1.82) is 0 Å². The average Bonchev–Trinajstić information content (AvgIpc) is 3.25. The first-order valence-corrected chi connectivity index (χ1v) is 11.0. The molecule has 0 spiro atoms. The van der Waals surface area contributed by atoms with Gasteiger partial charge >= 0.3 is 11.7 Å². The van der Waals surface area contributed by atoms with Crippen molar-refractivity contribution >= 4 is 17.6 Å². The second-order valence-corrected chi connectivity index (χ2v) is 7.88. The van der Waals surface area contributed by atoms with Crippen LogP contribution >= 0.6 is 0 Å². The first-order chi connectivity index (χ1) is 17.9. The number of rotatable bonds is 6. The van der Waals surface area contributed by atoms with Crippen molar-refractivity contribution in [3.05, 3.63) is 88.6 Å². The lowest BCUT2D eigenvalue weighted by molar-refractivity contribution is 0.0594. The number of fused-ring (bicyclic) bond motifs is 1. The molecule has 37 heavy (non-hydrogen) atoms. The monoisotopic (exact) mass is 501 g/mol. The van der Waals surface area contributed by atoms with E-state index in [9.17, 15) is 14.0 Å². The molecule has 0 aliphatic heterocycles. The van der Waals surface area contributed by atoms with Crippen LogP contribution in [0.4, 0.5) is 10.3 Å². The molecule has 0 aliphatic carbocycles. The third-order valence-corrected chi connectivity index (χ3v) is 5.67. The standard InChI is InChI=1S/C25H20FN7O4/c1-36-16-11-17(26)19(29-12-16)13-32-25(35)33-22(31-32)20(15-8-9-28-18(10-15)23(34)37-2)21(30-24(33)27)14-6-4-3-5-7-14/h3-12H,13H2,1-2H3,(H2,27,30). The predicted octanol–water partition coefficient (Wildman–Crippen LogP) is 2.58. The Hall–Kier alpha value is -5.13. The Balaban J connectivity index is 1.77. The maximum Gasteiger partial charge on any atom is 0.356 e. The van der Waals surface area contributed by atoms with Crippen LogP contribution in [0.2, 0.25) is 0 Å². The third-order valence-electron chi connectivity index (χ3n) is 5.67. The van der Waals surface area contributed by atoms with Crippen LogP contribution in [-0.4, -0.2) is 49.3 Å². The van der Waals surface area contributed by atoms with Crippen molar-refractivity contribution in [2.75, 3.05) is 20.0 Å². The molecule has 11 nitrogen and oxygen atoms in total. The Bertz CT molecular complexity index is 1700. The first-order valence-electron chi connectivity index (χ1n) is 11.0. The number of carbonyl (C=O) groups is 1. The number of anilines is 1. The highest BCUT2D eigenvalue weighted by molar-refractivity contribution is 5.94. The van der Waals surface area contributed by atoms with Crippen molar-refractivity contribution < 1.29 is 18.7 Å². The molecule has 0 fully saturated rings. The Kier molecular flexibility index (Phi) is 6.05. The van der Waals surface area contributed by atoms with Gasteiger partial charge in [-0.05, 0) is 17.7 Å². The van der Waals surface area contributed by atoms with Crippen LogP contribution in [0.3, 0.4) is 0 Å². The number of nitrogens with zero attached hydrogens (tertiary/aromatic N) is 6. The summed E-state index contributed by atoms with van der Waals surface area (Å²) in [5.41, 5.74) is 7.84. The molecular weight excluding hydrogens is 481 g/mol. The highest BCUT2D eigenvalue weighted by atomic mass is 19.1. The van der Waals surface area contributed by atoms with Crippen molar-refractivity contribution in [3.8, 4) is 28.1 Å². The summed E-state index contributed by atoms with van der Waals surface area (Å²) in [6, 6.07) is 13.5. The fraction of sp³-hybridized carbons (Fsp3) is 0.120. The lowest BCUT2D eigenvalue weighted by atomic mass is 10.00. The Morgan fingerprint density at radius 1 is 1.08 bits per heavy atom. The summed E-state index contributed by atoms with van der Waals surface area (Å²) in [5.74, 6) is -1.16. The molecule has 0 atom stereocenters. The molecule has 0 bridgehead atoms. The van der Waals surface area contributed by atoms with Crippen LogP contribution in [0.1, 0.15) is 16.2 Å². The maximum absolute atomic E-state index is 14.6. The van der Waals surface area contributed by atoms with Gasteiger partial charge in [-0.15, -0.1) is 5.10 Å². The number of hydrogen-bond donors (Lipinski definition) is 1. The van der Waals surface area contributed by atoms with E-state index in [2.05, 4.69) is 20.1 Å². The second-order valence-electron chi connectivity index (χ2n) is 7.88. The number of nitrogen functional groups attached to an aromatic ring is 1. The molecule has 0 saturated heterocycles. The van der Waals surface area contributed by atoms with E-state index in [-0.39, 0.29) is 35.3 Å². The topological polar surface area (TPSA) is 140 Å². The number of halogens is 1. The molecule has 2 N–H and O–H groups in total. The number of hydrogen-bond acceptors (Lipinski definition) is 9. The van der Waals surface area contributed by atoms with E-state index >= 15 is 0 Å². The summed E-state index contributed by atoms with van der Waals surface area (Å²) in [6.45, 7) is -0.264. The number of pyridine rings is 2. The van der Waals surface area contributed by atoms with E-state index in [0.717, 1.165) is 9.08 Å². The molecule has 5 rings (SSSR count). The smallest absolute Gasteiger partial charge is 0.356 e. The summed E-state index contributed by atoms with van der Waals surface area (Å²) in [6.07, 6.45) is 2.79. The zero-order valence-corrected chi connectivity index (χ0v) is 19.8.